The van der Waals surface area contributed by atoms with Gasteiger partial charge in [0.1, 0.15) is 0 Å². The molecule has 0 radical (unpaired) electrons. The van der Waals surface area contributed by atoms with Crippen molar-refractivity contribution in [2.45, 2.75) is 71.0 Å². The fourth-order valence-corrected chi connectivity index (χ4v) is 3.23. The summed E-state index contributed by atoms with van der Waals surface area (Å²) in [6.07, 6.45) is 4.54. The number of likely N-dealkylation sites (tertiary alicyclic amines) is 1. The highest BCUT2D eigenvalue weighted by molar-refractivity contribution is 5.84. The van der Waals surface area contributed by atoms with Gasteiger partial charge in [0.2, 0.25) is 5.91 Å². The standard InChI is InChI=1S/C14H29N3O/c1-5-12-8-7-9-17(12)11(3)10-14(4,13(15)18)16-6-2/h11-12,16H,5-10H2,1-4H3,(H2,15,18). The first-order chi connectivity index (χ1) is 8.44. The molecule has 4 heteroatoms. The first kappa shape index (κ1) is 15.4. The van der Waals surface area contributed by atoms with Gasteiger partial charge >= 0.3 is 0 Å². The molecule has 3 N–H and O–H groups in total. The summed E-state index contributed by atoms with van der Waals surface area (Å²) in [4.78, 5) is 14.2. The second-order valence-electron chi connectivity index (χ2n) is 5.72. The van der Waals surface area contributed by atoms with Gasteiger partial charge in [-0.3, -0.25) is 9.69 Å². The lowest BCUT2D eigenvalue weighted by Crippen LogP contribution is -2.56. The quantitative estimate of drug-likeness (QED) is 0.724. The van der Waals surface area contributed by atoms with Crippen molar-refractivity contribution in [3.63, 3.8) is 0 Å². The smallest absolute Gasteiger partial charge is 0.237 e. The Labute approximate surface area is 111 Å². The molecule has 1 saturated heterocycles. The third-order valence-corrected chi connectivity index (χ3v) is 4.27. The first-order valence-corrected chi connectivity index (χ1v) is 7.25. The van der Waals surface area contributed by atoms with Crippen LogP contribution >= 0.6 is 0 Å². The lowest BCUT2D eigenvalue weighted by Gasteiger charge is -2.36. The van der Waals surface area contributed by atoms with E-state index in [-0.39, 0.29) is 5.91 Å². The summed E-state index contributed by atoms with van der Waals surface area (Å²) in [5.74, 6) is -0.247. The lowest BCUT2D eigenvalue weighted by atomic mass is 9.91. The summed E-state index contributed by atoms with van der Waals surface area (Å²) in [6.45, 7) is 10.3. The van der Waals surface area contributed by atoms with E-state index < -0.39 is 5.54 Å². The van der Waals surface area contributed by atoms with Crippen LogP contribution in [0, 0.1) is 0 Å². The topological polar surface area (TPSA) is 58.4 Å². The molecule has 0 spiro atoms. The van der Waals surface area contributed by atoms with E-state index >= 15 is 0 Å². The number of likely N-dealkylation sites (N-methyl/N-ethyl adjacent to an activating group) is 1. The number of nitrogens with one attached hydrogen (secondary N) is 1. The van der Waals surface area contributed by atoms with Gasteiger partial charge in [-0.2, -0.15) is 0 Å². The molecule has 0 aromatic rings. The van der Waals surface area contributed by atoms with Crippen molar-refractivity contribution in [1.29, 1.82) is 0 Å². The Morgan fingerprint density at radius 3 is 2.72 bits per heavy atom. The van der Waals surface area contributed by atoms with Crippen molar-refractivity contribution in [1.82, 2.24) is 10.2 Å². The average Bonchev–Trinajstić information content (AvgIpc) is 2.76. The maximum atomic E-state index is 11.7. The van der Waals surface area contributed by atoms with E-state index in [0.717, 1.165) is 19.5 Å². The highest BCUT2D eigenvalue weighted by Gasteiger charge is 2.36. The molecule has 1 amide bonds. The van der Waals surface area contributed by atoms with Gasteiger partial charge in [0.15, 0.2) is 0 Å². The Kier molecular flexibility index (Phi) is 5.60. The van der Waals surface area contributed by atoms with Crippen LogP contribution in [0.15, 0.2) is 0 Å². The van der Waals surface area contributed by atoms with Crippen LogP contribution in [0.4, 0.5) is 0 Å². The molecule has 0 aliphatic carbocycles. The zero-order chi connectivity index (χ0) is 13.8. The number of nitrogens with two attached hydrogens (primary N) is 1. The number of carbonyl (C=O) groups is 1. The van der Waals surface area contributed by atoms with Crippen LogP contribution in [0.25, 0.3) is 0 Å². The molecule has 1 aliphatic heterocycles. The Hall–Kier alpha value is -0.610. The van der Waals surface area contributed by atoms with Crippen LogP contribution < -0.4 is 11.1 Å². The van der Waals surface area contributed by atoms with Gasteiger partial charge in [-0.25, -0.2) is 0 Å². The monoisotopic (exact) mass is 255 g/mol. The minimum Gasteiger partial charge on any atom is -0.368 e. The summed E-state index contributed by atoms with van der Waals surface area (Å²) in [5.41, 5.74) is 4.96. The van der Waals surface area contributed by atoms with Crippen LogP contribution in [-0.4, -0.2) is 41.5 Å². The van der Waals surface area contributed by atoms with Gasteiger partial charge in [0.25, 0.3) is 0 Å². The van der Waals surface area contributed by atoms with Crippen molar-refractivity contribution in [3.8, 4) is 0 Å². The van der Waals surface area contributed by atoms with E-state index in [9.17, 15) is 4.79 Å². The predicted octanol–water partition coefficient (Wildman–Crippen LogP) is 1.49. The summed E-state index contributed by atoms with van der Waals surface area (Å²) in [6, 6.07) is 1.08. The molecule has 1 heterocycles. The van der Waals surface area contributed by atoms with Gasteiger partial charge in [-0.15, -0.1) is 0 Å². The van der Waals surface area contributed by atoms with E-state index in [1.54, 1.807) is 0 Å². The molecule has 3 atom stereocenters. The van der Waals surface area contributed by atoms with Crippen LogP contribution in [0.2, 0.25) is 0 Å². The number of carbonyl (C=O) groups excluding carboxylic acids is 1. The van der Waals surface area contributed by atoms with Crippen LogP contribution in [-0.2, 0) is 4.79 Å². The Morgan fingerprint density at radius 2 is 2.22 bits per heavy atom. The molecular weight excluding hydrogens is 226 g/mol. The van der Waals surface area contributed by atoms with Crippen LogP contribution in [0.1, 0.15) is 53.4 Å². The van der Waals surface area contributed by atoms with Crippen molar-refractivity contribution in [3.05, 3.63) is 0 Å². The molecule has 0 aromatic carbocycles. The zero-order valence-electron chi connectivity index (χ0n) is 12.3. The molecule has 0 saturated carbocycles. The largest absolute Gasteiger partial charge is 0.368 e. The van der Waals surface area contributed by atoms with Gasteiger partial charge in [0, 0.05) is 12.1 Å². The zero-order valence-corrected chi connectivity index (χ0v) is 12.3. The number of primary amides is 1. The van der Waals surface area contributed by atoms with E-state index in [1.807, 2.05) is 13.8 Å². The maximum absolute atomic E-state index is 11.7. The molecule has 1 aliphatic rings. The second-order valence-corrected chi connectivity index (χ2v) is 5.72. The summed E-state index contributed by atoms with van der Waals surface area (Å²) in [5, 5.41) is 3.24. The fraction of sp³-hybridized carbons (Fsp3) is 0.929. The van der Waals surface area contributed by atoms with Crippen molar-refractivity contribution < 1.29 is 4.79 Å². The summed E-state index contributed by atoms with van der Waals surface area (Å²) in [7, 11) is 0. The highest BCUT2D eigenvalue weighted by Crippen LogP contribution is 2.26. The minimum atomic E-state index is -0.588. The minimum absolute atomic E-state index is 0.247. The van der Waals surface area contributed by atoms with Crippen molar-refractivity contribution >= 4 is 5.91 Å². The fourth-order valence-electron chi connectivity index (χ4n) is 3.23. The van der Waals surface area contributed by atoms with E-state index in [2.05, 4.69) is 24.1 Å². The second kappa shape index (κ2) is 6.53. The molecular formula is C14H29N3O. The third kappa shape index (κ3) is 3.45. The number of rotatable bonds is 7. The van der Waals surface area contributed by atoms with E-state index in [1.165, 1.54) is 19.3 Å². The van der Waals surface area contributed by atoms with Gasteiger partial charge in [-0.05, 0) is 52.6 Å². The van der Waals surface area contributed by atoms with Gasteiger partial charge in [-0.1, -0.05) is 13.8 Å². The number of hydrogen-bond acceptors (Lipinski definition) is 3. The van der Waals surface area contributed by atoms with Crippen LogP contribution in [0.5, 0.6) is 0 Å². The third-order valence-electron chi connectivity index (χ3n) is 4.27. The Morgan fingerprint density at radius 1 is 1.56 bits per heavy atom. The normalized spacial score (nSPS) is 25.9. The first-order valence-electron chi connectivity index (χ1n) is 7.25. The number of nitrogens with zero attached hydrogens (tertiary/aromatic N) is 1. The molecule has 0 bridgehead atoms. The van der Waals surface area contributed by atoms with Crippen LogP contribution in [0.3, 0.4) is 0 Å². The summed E-state index contributed by atoms with van der Waals surface area (Å²) >= 11 is 0. The predicted molar refractivity (Wildman–Crippen MR) is 75.4 cm³/mol. The molecule has 4 nitrogen and oxygen atoms in total. The van der Waals surface area contributed by atoms with Gasteiger partial charge < -0.3 is 11.1 Å². The molecule has 1 rings (SSSR count). The Bertz CT molecular complexity index is 282. The SMILES string of the molecule is CCNC(C)(CC(C)N1CCCC1CC)C(N)=O. The van der Waals surface area contributed by atoms with Crippen molar-refractivity contribution in [2.24, 2.45) is 5.73 Å². The van der Waals surface area contributed by atoms with E-state index in [0.29, 0.717) is 12.1 Å². The maximum Gasteiger partial charge on any atom is 0.237 e. The number of hydrogen-bond donors (Lipinski definition) is 2. The van der Waals surface area contributed by atoms with E-state index in [4.69, 9.17) is 5.73 Å². The highest BCUT2D eigenvalue weighted by atomic mass is 16.1. The number of amides is 1. The molecule has 0 aromatic heterocycles. The Balaban J connectivity index is 2.66. The van der Waals surface area contributed by atoms with Gasteiger partial charge in [0.05, 0.1) is 5.54 Å². The molecule has 106 valence electrons. The summed E-state index contributed by atoms with van der Waals surface area (Å²) < 4.78 is 0. The van der Waals surface area contributed by atoms with Crippen molar-refractivity contribution in [2.75, 3.05) is 13.1 Å². The molecule has 3 unspecified atom stereocenters. The molecule has 18 heavy (non-hydrogen) atoms. The molecule has 1 fully saturated rings. The lowest BCUT2D eigenvalue weighted by molar-refractivity contribution is -0.124. The average molecular weight is 255 g/mol.